The van der Waals surface area contributed by atoms with Crippen LogP contribution in [0.1, 0.15) is 44.9 Å². The van der Waals surface area contributed by atoms with E-state index in [1.54, 1.807) is 0 Å². The second-order valence-electron chi connectivity index (χ2n) is 7.03. The van der Waals surface area contributed by atoms with Gasteiger partial charge in [-0.15, -0.1) is 0 Å². The van der Waals surface area contributed by atoms with Gasteiger partial charge in [0.15, 0.2) is 0 Å². The van der Waals surface area contributed by atoms with Crippen molar-refractivity contribution in [3.63, 3.8) is 0 Å². The molecule has 2 aromatic rings. The smallest absolute Gasteiger partial charge is 0.0997 e. The Kier molecular flexibility index (Phi) is 4.74. The number of hydrogen-bond donors (Lipinski definition) is 2. The summed E-state index contributed by atoms with van der Waals surface area (Å²) in [6, 6.07) is 19.2. The molecule has 2 N–H and O–H groups in total. The van der Waals surface area contributed by atoms with Gasteiger partial charge in [-0.3, -0.25) is 0 Å². The molecule has 0 amide bonds. The molecular formula is C20H26O2. The Morgan fingerprint density at radius 1 is 0.818 bits per heavy atom. The van der Waals surface area contributed by atoms with Gasteiger partial charge in [0.1, 0.15) is 0 Å². The van der Waals surface area contributed by atoms with Gasteiger partial charge in [0.2, 0.25) is 0 Å². The highest BCUT2D eigenvalue weighted by atomic mass is 16.3. The van der Waals surface area contributed by atoms with Crippen LogP contribution in [-0.4, -0.2) is 10.2 Å². The van der Waals surface area contributed by atoms with E-state index in [9.17, 15) is 10.2 Å². The average Bonchev–Trinajstić information content (AvgIpc) is 2.53. The first-order chi connectivity index (χ1) is 10.3. The third-order valence-corrected chi connectivity index (χ3v) is 4.63. The second kappa shape index (κ2) is 6.23. The van der Waals surface area contributed by atoms with Gasteiger partial charge in [0.05, 0.1) is 11.7 Å². The van der Waals surface area contributed by atoms with Crippen LogP contribution in [-0.2, 0) is 5.60 Å². The third-order valence-electron chi connectivity index (χ3n) is 4.63. The van der Waals surface area contributed by atoms with Crippen molar-refractivity contribution in [2.75, 3.05) is 0 Å². The third kappa shape index (κ3) is 2.94. The molecule has 0 radical (unpaired) electrons. The van der Waals surface area contributed by atoms with Gasteiger partial charge < -0.3 is 10.2 Å². The van der Waals surface area contributed by atoms with Gasteiger partial charge in [-0.1, -0.05) is 88.4 Å². The maximum absolute atomic E-state index is 11.6. The predicted octanol–water partition coefficient (Wildman–Crippen LogP) is 4.29. The van der Waals surface area contributed by atoms with Gasteiger partial charge in [-0.05, 0) is 16.5 Å². The van der Waals surface area contributed by atoms with E-state index in [1.807, 2.05) is 88.4 Å². The van der Waals surface area contributed by atoms with Gasteiger partial charge >= 0.3 is 0 Å². The van der Waals surface area contributed by atoms with Crippen molar-refractivity contribution in [2.24, 2.45) is 11.3 Å². The van der Waals surface area contributed by atoms with Crippen LogP contribution in [0.15, 0.2) is 60.7 Å². The fraction of sp³-hybridized carbons (Fsp3) is 0.400. The molecule has 0 saturated carbocycles. The molecule has 3 atom stereocenters. The van der Waals surface area contributed by atoms with E-state index in [0.717, 1.165) is 11.1 Å². The highest BCUT2D eigenvalue weighted by Crippen LogP contribution is 2.48. The van der Waals surface area contributed by atoms with Crippen LogP contribution in [0.2, 0.25) is 0 Å². The maximum Gasteiger partial charge on any atom is 0.0997 e. The van der Waals surface area contributed by atoms with Gasteiger partial charge in [-0.2, -0.15) is 0 Å². The van der Waals surface area contributed by atoms with Crippen molar-refractivity contribution in [3.8, 4) is 0 Å². The number of rotatable bonds is 4. The molecule has 0 heterocycles. The van der Waals surface area contributed by atoms with E-state index in [4.69, 9.17) is 0 Å². The zero-order valence-corrected chi connectivity index (χ0v) is 13.8. The predicted molar refractivity (Wildman–Crippen MR) is 90.4 cm³/mol. The Labute approximate surface area is 133 Å². The van der Waals surface area contributed by atoms with Crippen LogP contribution in [0.3, 0.4) is 0 Å². The Morgan fingerprint density at radius 2 is 1.27 bits per heavy atom. The second-order valence-corrected chi connectivity index (χ2v) is 7.03. The van der Waals surface area contributed by atoms with Crippen molar-refractivity contribution in [1.29, 1.82) is 0 Å². The van der Waals surface area contributed by atoms with E-state index in [-0.39, 0.29) is 5.92 Å². The normalized spacial score (nSPS) is 17.5. The lowest BCUT2D eigenvalue weighted by molar-refractivity contribution is -0.140. The minimum atomic E-state index is -1.14. The topological polar surface area (TPSA) is 40.5 Å². The molecular weight excluding hydrogens is 272 g/mol. The van der Waals surface area contributed by atoms with E-state index >= 15 is 0 Å². The van der Waals surface area contributed by atoms with Crippen LogP contribution in [0.25, 0.3) is 0 Å². The lowest BCUT2D eigenvalue weighted by atomic mass is 9.63. The van der Waals surface area contributed by atoms with Crippen LogP contribution >= 0.6 is 0 Å². The molecule has 0 fully saturated rings. The lowest BCUT2D eigenvalue weighted by Crippen LogP contribution is -2.47. The molecule has 2 heteroatoms. The Hall–Kier alpha value is -1.64. The monoisotopic (exact) mass is 298 g/mol. The minimum absolute atomic E-state index is 0.350. The quantitative estimate of drug-likeness (QED) is 0.884. The zero-order valence-electron chi connectivity index (χ0n) is 13.8. The largest absolute Gasteiger partial charge is 0.388 e. The first-order valence-electron chi connectivity index (χ1n) is 7.79. The minimum Gasteiger partial charge on any atom is -0.388 e. The number of hydrogen-bond acceptors (Lipinski definition) is 2. The molecule has 0 saturated heterocycles. The summed E-state index contributed by atoms with van der Waals surface area (Å²) in [6.07, 6.45) is -0.731. The van der Waals surface area contributed by atoms with Crippen molar-refractivity contribution >= 4 is 0 Å². The van der Waals surface area contributed by atoms with Crippen molar-refractivity contribution in [2.45, 2.75) is 39.4 Å². The molecule has 2 rings (SSSR count). The first-order valence-corrected chi connectivity index (χ1v) is 7.79. The highest BCUT2D eigenvalue weighted by Gasteiger charge is 2.48. The fourth-order valence-corrected chi connectivity index (χ4v) is 3.24. The summed E-state index contributed by atoms with van der Waals surface area (Å²) in [5.74, 6) is -0.350. The van der Waals surface area contributed by atoms with E-state index in [1.165, 1.54) is 0 Å². The van der Waals surface area contributed by atoms with E-state index in [0.29, 0.717) is 0 Å². The maximum atomic E-state index is 11.6. The zero-order chi connectivity index (χ0) is 16.4. The SMILES string of the molecule is C[C@@H]([C@H](O)c1ccccc1)[C@@](O)(c1ccccc1)C(C)(C)C. The summed E-state index contributed by atoms with van der Waals surface area (Å²) in [5.41, 5.74) is 0.117. The summed E-state index contributed by atoms with van der Waals surface area (Å²) >= 11 is 0. The van der Waals surface area contributed by atoms with E-state index in [2.05, 4.69) is 0 Å². The average molecular weight is 298 g/mol. The van der Waals surface area contributed by atoms with Crippen molar-refractivity contribution in [1.82, 2.24) is 0 Å². The molecule has 0 aliphatic heterocycles. The summed E-state index contributed by atoms with van der Waals surface area (Å²) in [5, 5.41) is 22.3. The van der Waals surface area contributed by atoms with Gasteiger partial charge in [0, 0.05) is 5.92 Å². The Balaban J connectivity index is 2.47. The standard InChI is InChI=1S/C20H26O2/c1-15(18(21)16-11-7-5-8-12-16)20(22,19(2,3)4)17-13-9-6-10-14-17/h5-15,18,21-22H,1-4H3/t15-,18-,20+/m0/s1. The number of aliphatic hydroxyl groups excluding tert-OH is 1. The van der Waals surface area contributed by atoms with E-state index < -0.39 is 17.1 Å². The van der Waals surface area contributed by atoms with Gasteiger partial charge in [-0.25, -0.2) is 0 Å². The van der Waals surface area contributed by atoms with Crippen LogP contribution in [0.4, 0.5) is 0 Å². The summed E-state index contributed by atoms with van der Waals surface area (Å²) in [7, 11) is 0. The molecule has 2 aromatic carbocycles. The Morgan fingerprint density at radius 3 is 1.73 bits per heavy atom. The van der Waals surface area contributed by atoms with Crippen LogP contribution < -0.4 is 0 Å². The summed E-state index contributed by atoms with van der Waals surface area (Å²) in [6.45, 7) is 7.94. The number of aliphatic hydroxyl groups is 2. The highest BCUT2D eigenvalue weighted by molar-refractivity contribution is 5.28. The van der Waals surface area contributed by atoms with Crippen molar-refractivity contribution < 1.29 is 10.2 Å². The van der Waals surface area contributed by atoms with Crippen LogP contribution in [0.5, 0.6) is 0 Å². The lowest BCUT2D eigenvalue weighted by Gasteiger charge is -2.47. The molecule has 0 unspecified atom stereocenters. The van der Waals surface area contributed by atoms with Gasteiger partial charge in [0.25, 0.3) is 0 Å². The molecule has 0 aromatic heterocycles. The van der Waals surface area contributed by atoms with Crippen molar-refractivity contribution in [3.05, 3.63) is 71.8 Å². The molecule has 0 aliphatic carbocycles. The molecule has 0 aliphatic rings. The fourth-order valence-electron chi connectivity index (χ4n) is 3.24. The summed E-state index contributed by atoms with van der Waals surface area (Å²) in [4.78, 5) is 0. The summed E-state index contributed by atoms with van der Waals surface area (Å²) < 4.78 is 0. The molecule has 0 spiro atoms. The first kappa shape index (κ1) is 16.7. The Bertz CT molecular complexity index is 586. The molecule has 22 heavy (non-hydrogen) atoms. The van der Waals surface area contributed by atoms with Crippen LogP contribution in [0, 0.1) is 11.3 Å². The molecule has 118 valence electrons. The molecule has 0 bridgehead atoms. The number of benzene rings is 2. The molecule has 2 nitrogen and oxygen atoms in total.